The predicted octanol–water partition coefficient (Wildman–Crippen LogP) is 3.08. The molecule has 0 aliphatic heterocycles. The van der Waals surface area contributed by atoms with Gasteiger partial charge in [-0.15, -0.1) is 0 Å². The van der Waals surface area contributed by atoms with Crippen molar-refractivity contribution in [3.63, 3.8) is 0 Å². The molecule has 1 amide bonds. The highest BCUT2D eigenvalue weighted by atomic mass is 16.3. The number of amides is 1. The van der Waals surface area contributed by atoms with Crippen LogP contribution < -0.4 is 5.73 Å². The van der Waals surface area contributed by atoms with Gasteiger partial charge in [0.15, 0.2) is 5.76 Å². The molecule has 1 fully saturated rings. The molecule has 4 heteroatoms. The Kier molecular flexibility index (Phi) is 3.97. The molecular weight excluding hydrogens is 264 g/mol. The van der Waals surface area contributed by atoms with Crippen LogP contribution in [0.1, 0.15) is 41.8 Å². The number of carbonyl (C=O) groups is 1. The lowest BCUT2D eigenvalue weighted by atomic mass is 9.91. The maximum Gasteiger partial charge on any atom is 0.289 e. The lowest BCUT2D eigenvalue weighted by molar-refractivity contribution is 0.0548. The summed E-state index contributed by atoms with van der Waals surface area (Å²) in [6.07, 6.45) is 4.23. The molecule has 1 aromatic heterocycles. The van der Waals surface area contributed by atoms with E-state index in [0.717, 1.165) is 36.8 Å². The van der Waals surface area contributed by atoms with Crippen LogP contribution in [-0.4, -0.2) is 29.9 Å². The summed E-state index contributed by atoms with van der Waals surface area (Å²) < 4.78 is 5.74. The lowest BCUT2D eigenvalue weighted by Crippen LogP contribution is -2.45. The van der Waals surface area contributed by atoms with Gasteiger partial charge >= 0.3 is 0 Å². The third-order valence-corrected chi connectivity index (χ3v) is 4.26. The van der Waals surface area contributed by atoms with Gasteiger partial charge in [0.1, 0.15) is 5.58 Å². The van der Waals surface area contributed by atoms with Crippen molar-refractivity contribution >= 4 is 16.9 Å². The number of benzene rings is 1. The van der Waals surface area contributed by atoms with E-state index in [1.54, 1.807) is 0 Å². The van der Waals surface area contributed by atoms with Gasteiger partial charge in [-0.3, -0.25) is 4.79 Å². The maximum atomic E-state index is 12.7. The highest BCUT2D eigenvalue weighted by Crippen LogP contribution is 2.28. The van der Waals surface area contributed by atoms with Crippen LogP contribution in [-0.2, 0) is 0 Å². The number of fused-ring (bicyclic) bond motifs is 1. The van der Waals surface area contributed by atoms with Crippen molar-refractivity contribution in [2.45, 2.75) is 38.6 Å². The van der Waals surface area contributed by atoms with Gasteiger partial charge in [-0.2, -0.15) is 0 Å². The predicted molar refractivity (Wildman–Crippen MR) is 83.3 cm³/mol. The third-order valence-electron chi connectivity index (χ3n) is 4.26. The summed E-state index contributed by atoms with van der Waals surface area (Å²) >= 11 is 0. The van der Waals surface area contributed by atoms with Crippen LogP contribution in [0.15, 0.2) is 28.7 Å². The van der Waals surface area contributed by atoms with Crippen LogP contribution in [0.2, 0.25) is 0 Å². The Balaban J connectivity index is 1.85. The average molecular weight is 286 g/mol. The van der Waals surface area contributed by atoms with Crippen LogP contribution in [0.4, 0.5) is 0 Å². The number of carbonyl (C=O) groups excluding carboxylic acids is 1. The molecule has 21 heavy (non-hydrogen) atoms. The first-order valence-corrected chi connectivity index (χ1v) is 7.70. The molecule has 1 saturated carbocycles. The van der Waals surface area contributed by atoms with E-state index in [0.29, 0.717) is 18.3 Å². The molecule has 112 valence electrons. The van der Waals surface area contributed by atoms with Crippen molar-refractivity contribution in [2.24, 2.45) is 5.73 Å². The van der Waals surface area contributed by atoms with Crippen molar-refractivity contribution in [2.75, 3.05) is 13.1 Å². The fourth-order valence-corrected chi connectivity index (χ4v) is 2.82. The molecule has 0 bridgehead atoms. The Morgan fingerprint density at radius 2 is 2.19 bits per heavy atom. The van der Waals surface area contributed by atoms with E-state index in [1.165, 1.54) is 12.0 Å². The minimum Gasteiger partial charge on any atom is -0.451 e. The zero-order valence-corrected chi connectivity index (χ0v) is 12.5. The van der Waals surface area contributed by atoms with Gasteiger partial charge < -0.3 is 15.1 Å². The molecule has 3 rings (SSSR count). The molecule has 1 heterocycles. The summed E-state index contributed by atoms with van der Waals surface area (Å²) in [7, 11) is 0. The van der Waals surface area contributed by atoms with E-state index in [9.17, 15) is 4.79 Å². The molecule has 0 spiro atoms. The van der Waals surface area contributed by atoms with E-state index < -0.39 is 0 Å². The molecule has 1 aliphatic rings. The molecule has 1 aromatic carbocycles. The maximum absolute atomic E-state index is 12.7. The number of nitrogens with zero attached hydrogens (tertiary/aromatic N) is 1. The SMILES string of the molecule is Cc1ccc2oc(C(=O)N(CCCN)C3CCC3)cc2c1. The first-order valence-electron chi connectivity index (χ1n) is 7.70. The zero-order chi connectivity index (χ0) is 14.8. The minimum absolute atomic E-state index is 0.00185. The standard InChI is InChI=1S/C17H22N2O2/c1-12-6-7-15-13(10-12)11-16(21-15)17(20)19(9-3-8-18)14-4-2-5-14/h6-7,10-11,14H,2-5,8-9,18H2,1H3. The van der Waals surface area contributed by atoms with Gasteiger partial charge in [0.2, 0.25) is 0 Å². The second-order valence-electron chi connectivity index (χ2n) is 5.88. The first kappa shape index (κ1) is 14.1. The van der Waals surface area contributed by atoms with Crippen molar-refractivity contribution in [3.8, 4) is 0 Å². The zero-order valence-electron chi connectivity index (χ0n) is 12.5. The summed E-state index contributed by atoms with van der Waals surface area (Å²) in [4.78, 5) is 14.7. The normalized spacial score (nSPS) is 15.1. The molecule has 0 radical (unpaired) electrons. The highest BCUT2D eigenvalue weighted by Gasteiger charge is 2.30. The molecule has 4 nitrogen and oxygen atoms in total. The quantitative estimate of drug-likeness (QED) is 0.919. The summed E-state index contributed by atoms with van der Waals surface area (Å²) in [5, 5.41) is 0.991. The number of hydrogen-bond donors (Lipinski definition) is 1. The number of rotatable bonds is 5. The number of hydrogen-bond acceptors (Lipinski definition) is 3. The Bertz CT molecular complexity index is 643. The van der Waals surface area contributed by atoms with Gasteiger partial charge in [0.05, 0.1) is 0 Å². The highest BCUT2D eigenvalue weighted by molar-refractivity contribution is 5.96. The minimum atomic E-state index is 0.00185. The fourth-order valence-electron chi connectivity index (χ4n) is 2.82. The second-order valence-corrected chi connectivity index (χ2v) is 5.88. The molecule has 0 atom stereocenters. The third kappa shape index (κ3) is 2.81. The van der Waals surface area contributed by atoms with Gasteiger partial charge in [-0.05, 0) is 57.4 Å². The van der Waals surface area contributed by atoms with E-state index in [1.807, 2.05) is 36.1 Å². The summed E-state index contributed by atoms with van der Waals surface area (Å²) in [6, 6.07) is 8.19. The largest absolute Gasteiger partial charge is 0.451 e. The van der Waals surface area contributed by atoms with Crippen molar-refractivity contribution in [3.05, 3.63) is 35.6 Å². The Hall–Kier alpha value is -1.81. The van der Waals surface area contributed by atoms with Gasteiger partial charge in [-0.25, -0.2) is 0 Å². The van der Waals surface area contributed by atoms with Crippen LogP contribution >= 0.6 is 0 Å². The second kappa shape index (κ2) is 5.90. The molecule has 2 N–H and O–H groups in total. The molecule has 2 aromatic rings. The van der Waals surface area contributed by atoms with Crippen molar-refractivity contribution in [1.29, 1.82) is 0 Å². The summed E-state index contributed by atoms with van der Waals surface area (Å²) in [5.41, 5.74) is 7.53. The molecule has 1 aliphatic carbocycles. The van der Waals surface area contributed by atoms with E-state index in [-0.39, 0.29) is 5.91 Å². The van der Waals surface area contributed by atoms with Crippen molar-refractivity contribution in [1.82, 2.24) is 4.90 Å². The van der Waals surface area contributed by atoms with Gasteiger partial charge in [0.25, 0.3) is 5.91 Å². The van der Waals surface area contributed by atoms with Gasteiger partial charge in [0, 0.05) is 18.0 Å². The number of aryl methyl sites for hydroxylation is 1. The Labute approximate surface area is 124 Å². The lowest BCUT2D eigenvalue weighted by Gasteiger charge is -2.37. The Morgan fingerprint density at radius 3 is 2.86 bits per heavy atom. The number of furan rings is 1. The Morgan fingerprint density at radius 1 is 1.38 bits per heavy atom. The average Bonchev–Trinajstić information content (AvgIpc) is 2.83. The monoisotopic (exact) mass is 286 g/mol. The van der Waals surface area contributed by atoms with Crippen LogP contribution in [0.25, 0.3) is 11.0 Å². The van der Waals surface area contributed by atoms with E-state index in [4.69, 9.17) is 10.2 Å². The van der Waals surface area contributed by atoms with Crippen LogP contribution in [0.3, 0.4) is 0 Å². The van der Waals surface area contributed by atoms with E-state index in [2.05, 4.69) is 0 Å². The van der Waals surface area contributed by atoms with Gasteiger partial charge in [-0.1, -0.05) is 11.6 Å². The summed E-state index contributed by atoms with van der Waals surface area (Å²) in [6.45, 7) is 3.36. The molecule has 0 saturated heterocycles. The van der Waals surface area contributed by atoms with E-state index >= 15 is 0 Å². The molecular formula is C17H22N2O2. The topological polar surface area (TPSA) is 59.5 Å². The molecule has 0 unspecified atom stereocenters. The van der Waals surface area contributed by atoms with Crippen LogP contribution in [0, 0.1) is 6.92 Å². The first-order chi connectivity index (χ1) is 10.2. The smallest absolute Gasteiger partial charge is 0.289 e. The van der Waals surface area contributed by atoms with Crippen LogP contribution in [0.5, 0.6) is 0 Å². The number of nitrogens with two attached hydrogens (primary N) is 1. The fraction of sp³-hybridized carbons (Fsp3) is 0.471. The summed E-state index contributed by atoms with van der Waals surface area (Å²) in [5.74, 6) is 0.446. The van der Waals surface area contributed by atoms with Crippen molar-refractivity contribution < 1.29 is 9.21 Å².